The summed E-state index contributed by atoms with van der Waals surface area (Å²) < 4.78 is 19.6. The summed E-state index contributed by atoms with van der Waals surface area (Å²) in [6.45, 7) is 4.49. The number of hydrogen-bond donors (Lipinski definition) is 0. The highest BCUT2D eigenvalue weighted by molar-refractivity contribution is 3.92. The van der Waals surface area contributed by atoms with E-state index in [-0.39, 0.29) is 20.7 Å². The summed E-state index contributed by atoms with van der Waals surface area (Å²) in [6.07, 6.45) is 0.787. The molecule has 0 amide bonds. The van der Waals surface area contributed by atoms with E-state index in [1.165, 1.54) is 0 Å². The van der Waals surface area contributed by atoms with Crippen molar-refractivity contribution in [2.45, 2.75) is 47.9 Å². The SMILES string of the molecule is C.[2H]CC([2H])C.[2H]CCC. The predicted molar refractivity (Wildman–Crippen MR) is 38.7 cm³/mol. The molecule has 0 aliphatic carbocycles. The topological polar surface area (TPSA) is 0 Å². The van der Waals surface area contributed by atoms with Crippen LogP contribution in [0.4, 0.5) is 0 Å². The van der Waals surface area contributed by atoms with Gasteiger partial charge in [0.05, 0.1) is 0 Å². The molecule has 0 rings (SSSR count). The monoisotopic (exact) mass is 107 g/mol. The number of hydrogen-bond acceptors (Lipinski definition) is 0. The fourth-order valence-corrected chi connectivity index (χ4v) is 0. The largest absolute Gasteiger partial charge is 0.0776 e. The first-order valence-corrected chi connectivity index (χ1v) is 2.19. The Labute approximate surface area is 53.2 Å². The summed E-state index contributed by atoms with van der Waals surface area (Å²) in [5, 5.41) is 0. The van der Waals surface area contributed by atoms with Gasteiger partial charge in [0.15, 0.2) is 0 Å². The van der Waals surface area contributed by atoms with Gasteiger partial charge in [-0.2, -0.15) is 0 Å². The molecule has 7 heavy (non-hydrogen) atoms. The highest BCUT2D eigenvalue weighted by Crippen LogP contribution is 1.56. The normalized spacial score (nSPS) is 15.4. The van der Waals surface area contributed by atoms with Crippen molar-refractivity contribution >= 4 is 0 Å². The zero-order valence-corrected chi connectivity index (χ0v) is 4.70. The van der Waals surface area contributed by atoms with Crippen LogP contribution in [0.3, 0.4) is 0 Å². The van der Waals surface area contributed by atoms with Crippen LogP contribution in [0.5, 0.6) is 0 Å². The van der Waals surface area contributed by atoms with Crippen molar-refractivity contribution in [3.63, 3.8) is 0 Å². The summed E-state index contributed by atoms with van der Waals surface area (Å²) in [7, 11) is 0. The minimum atomic E-state index is -0.199. The molecule has 0 nitrogen and oxygen atoms in total. The van der Waals surface area contributed by atoms with Gasteiger partial charge >= 0.3 is 0 Å². The van der Waals surface area contributed by atoms with Crippen LogP contribution in [-0.4, -0.2) is 0 Å². The Morgan fingerprint density at radius 2 is 1.71 bits per heavy atom. The van der Waals surface area contributed by atoms with Gasteiger partial charge in [-0.05, 0) is 0 Å². The average molecular weight is 107 g/mol. The molecule has 0 fully saturated rings. The zero-order valence-electron chi connectivity index (χ0n) is 7.70. The maximum atomic E-state index is 6.64. The third kappa shape index (κ3) is 0. The second kappa shape index (κ2) is 37.5. The van der Waals surface area contributed by atoms with Gasteiger partial charge in [-0.25, -0.2) is 0 Å². The molecule has 0 heteroatoms. The Kier molecular flexibility index (Phi) is 27.6. The third-order valence-electron chi connectivity index (χ3n) is 0. The van der Waals surface area contributed by atoms with Crippen molar-refractivity contribution in [1.29, 1.82) is 0 Å². The Hall–Kier alpha value is 0. The second-order valence-electron chi connectivity index (χ2n) is 0.908. The molecule has 0 bridgehead atoms. The predicted octanol–water partition coefficient (Wildman–Crippen LogP) is 3.47. The third-order valence-corrected chi connectivity index (χ3v) is 0. The molecule has 0 aromatic carbocycles. The van der Waals surface area contributed by atoms with Crippen molar-refractivity contribution < 1.29 is 4.11 Å². The van der Waals surface area contributed by atoms with E-state index in [1.54, 1.807) is 6.92 Å². The molecule has 0 N–H and O–H groups in total. The van der Waals surface area contributed by atoms with Crippen molar-refractivity contribution in [1.82, 2.24) is 0 Å². The van der Waals surface area contributed by atoms with Crippen LogP contribution in [0.15, 0.2) is 0 Å². The molecule has 48 valence electrons. The summed E-state index contributed by atoms with van der Waals surface area (Å²) in [5.41, 5.74) is 0. The number of rotatable bonds is 0. The Bertz CT molecular complexity index is 35.8. The lowest BCUT2D eigenvalue weighted by atomic mass is 10.6. The van der Waals surface area contributed by atoms with Crippen LogP contribution in [0.2, 0.25) is 0 Å². The smallest absolute Gasteiger partial charge is 0.0261 e. The molecular weight excluding hydrogens is 84.1 g/mol. The molecular formula is C7H20. The fourth-order valence-electron chi connectivity index (χ4n) is 0. The summed E-state index contributed by atoms with van der Waals surface area (Å²) in [4.78, 5) is 0. The van der Waals surface area contributed by atoms with Gasteiger partial charge in [0.1, 0.15) is 0 Å². The molecule has 1 atom stereocenters. The Morgan fingerprint density at radius 3 is 1.71 bits per heavy atom. The van der Waals surface area contributed by atoms with Gasteiger partial charge in [0.25, 0.3) is 0 Å². The first-order chi connectivity index (χ1) is 4.18. The van der Waals surface area contributed by atoms with Crippen LogP contribution in [-0.2, 0) is 0 Å². The maximum Gasteiger partial charge on any atom is 0.0261 e. The Balaban J connectivity index is -0.0000000910. The molecule has 0 aliphatic rings. The summed E-state index contributed by atoms with van der Waals surface area (Å²) >= 11 is 0. The first-order valence-electron chi connectivity index (χ1n) is 4.18. The van der Waals surface area contributed by atoms with Crippen molar-refractivity contribution in [3.05, 3.63) is 0 Å². The van der Waals surface area contributed by atoms with E-state index in [1.807, 2.05) is 6.92 Å². The van der Waals surface area contributed by atoms with Gasteiger partial charge in [-0.15, -0.1) is 0 Å². The van der Waals surface area contributed by atoms with E-state index in [2.05, 4.69) is 0 Å². The van der Waals surface area contributed by atoms with Crippen LogP contribution in [0, 0.1) is 0 Å². The van der Waals surface area contributed by atoms with E-state index in [0.29, 0.717) is 6.90 Å². The van der Waals surface area contributed by atoms with Gasteiger partial charge < -0.3 is 0 Å². The minimum absolute atomic E-state index is 0. The molecule has 0 radical (unpaired) electrons. The van der Waals surface area contributed by atoms with Gasteiger partial charge in [-0.1, -0.05) is 47.9 Å². The van der Waals surface area contributed by atoms with Gasteiger partial charge in [0, 0.05) is 4.11 Å². The van der Waals surface area contributed by atoms with Gasteiger partial charge in [-0.3, -0.25) is 0 Å². The first kappa shape index (κ1) is 5.14. The van der Waals surface area contributed by atoms with Gasteiger partial charge in [0.2, 0.25) is 0 Å². The van der Waals surface area contributed by atoms with Crippen LogP contribution in [0.25, 0.3) is 0 Å². The lowest BCUT2D eigenvalue weighted by molar-refractivity contribution is 1.09. The maximum absolute atomic E-state index is 6.64. The molecule has 0 spiro atoms. The van der Waals surface area contributed by atoms with E-state index in [9.17, 15) is 0 Å². The van der Waals surface area contributed by atoms with E-state index < -0.39 is 0 Å². The Morgan fingerprint density at radius 1 is 1.43 bits per heavy atom. The van der Waals surface area contributed by atoms with E-state index in [4.69, 9.17) is 4.11 Å². The highest BCUT2D eigenvalue weighted by atomic mass is 13.4. The lowest BCUT2D eigenvalue weighted by Gasteiger charge is -1.48. The van der Waals surface area contributed by atoms with Crippen LogP contribution in [0.1, 0.15) is 52.0 Å². The summed E-state index contributed by atoms with van der Waals surface area (Å²) in [5.74, 6) is 0. The average Bonchev–Trinajstić information content (AvgIpc) is 1.89. The minimum Gasteiger partial charge on any atom is -0.0776 e. The van der Waals surface area contributed by atoms with E-state index >= 15 is 0 Å². The highest BCUT2D eigenvalue weighted by Gasteiger charge is 1.36. The molecule has 0 aromatic heterocycles. The molecule has 0 saturated heterocycles. The standard InChI is InChI=1S/2C3H8.CH4/c2*1-3-2;/h2*3H2,1-2H3;1H4/i1D,3D;1D;. The second-order valence-corrected chi connectivity index (χ2v) is 0.908. The molecule has 1 unspecified atom stereocenters. The van der Waals surface area contributed by atoms with Crippen LogP contribution >= 0.6 is 0 Å². The lowest BCUT2D eigenvalue weighted by Crippen LogP contribution is -1.27. The zero-order chi connectivity index (χ0) is 7.70. The van der Waals surface area contributed by atoms with Crippen LogP contribution < -0.4 is 0 Å². The van der Waals surface area contributed by atoms with Crippen molar-refractivity contribution in [2.75, 3.05) is 0 Å². The van der Waals surface area contributed by atoms with E-state index in [0.717, 1.165) is 6.42 Å². The molecule has 0 aromatic rings. The van der Waals surface area contributed by atoms with Crippen molar-refractivity contribution in [2.24, 2.45) is 0 Å². The fraction of sp³-hybridized carbons (Fsp3) is 1.00. The molecule has 0 saturated carbocycles. The molecule has 0 aliphatic heterocycles. The molecule has 0 heterocycles. The quantitative estimate of drug-likeness (QED) is 0.444. The summed E-state index contributed by atoms with van der Waals surface area (Å²) in [6, 6.07) is 0. The van der Waals surface area contributed by atoms with Crippen molar-refractivity contribution in [3.8, 4) is 0 Å².